The summed E-state index contributed by atoms with van der Waals surface area (Å²) < 4.78 is 14.8. The SMILES string of the molecule is C1=CC2Sc3ccc(-n4c5ccccc5c5cc(-c6cc(-c7cccc(-n8c9ccccc9c9ccccc98)c7)cc(-n7c8ccccc8c8cc(-c9ccc%10c%11ccccc%11n(-c%11cccc(-n%12c%13ccccc%13c%13ccccc%13%12)c%11)c%10c9)ccc87)c6)ccc54)cc3C2C=C1n1c2ccccc2c2ccccc21. The van der Waals surface area contributed by atoms with Gasteiger partial charge in [-0.15, -0.1) is 11.8 Å². The van der Waals surface area contributed by atoms with E-state index in [9.17, 15) is 0 Å². The lowest BCUT2D eigenvalue weighted by molar-refractivity contribution is 0.873. The Labute approximate surface area is 631 Å². The predicted molar refractivity (Wildman–Crippen MR) is 460 cm³/mol. The van der Waals surface area contributed by atoms with Crippen molar-refractivity contribution < 1.29 is 0 Å². The highest BCUT2D eigenvalue weighted by atomic mass is 32.2. The minimum atomic E-state index is 0.213. The molecule has 2 atom stereocenters. The summed E-state index contributed by atoms with van der Waals surface area (Å²) in [6.45, 7) is 0. The Kier molecular flexibility index (Phi) is 12.9. The zero-order chi connectivity index (χ0) is 71.1. The molecular formula is C102H64N6S. The Morgan fingerprint density at radius 2 is 0.532 bits per heavy atom. The third-order valence-corrected chi connectivity index (χ3v) is 25.0. The molecule has 0 saturated heterocycles. The second-order valence-corrected chi connectivity index (χ2v) is 30.7. The molecule has 7 heterocycles. The van der Waals surface area contributed by atoms with E-state index >= 15 is 0 Å². The molecule has 24 rings (SSSR count). The van der Waals surface area contributed by atoms with Gasteiger partial charge in [0.25, 0.3) is 0 Å². The molecule has 1 aliphatic heterocycles. The fourth-order valence-corrected chi connectivity index (χ4v) is 20.2. The van der Waals surface area contributed by atoms with Gasteiger partial charge in [0.05, 0.1) is 66.2 Å². The van der Waals surface area contributed by atoms with Crippen LogP contribution >= 0.6 is 11.8 Å². The molecular weight excluding hydrogens is 1340 g/mol. The first-order valence-corrected chi connectivity index (χ1v) is 38.6. The molecule has 0 fully saturated rings. The lowest BCUT2D eigenvalue weighted by Gasteiger charge is -2.21. The molecule has 508 valence electrons. The predicted octanol–water partition coefficient (Wildman–Crippen LogP) is 26.9. The molecule has 16 aromatic carbocycles. The van der Waals surface area contributed by atoms with Crippen LogP contribution < -0.4 is 0 Å². The normalized spacial score (nSPS) is 14.4. The van der Waals surface area contributed by atoms with Crippen LogP contribution in [-0.2, 0) is 0 Å². The van der Waals surface area contributed by atoms with Gasteiger partial charge in [-0.25, -0.2) is 0 Å². The minimum absolute atomic E-state index is 0.213. The maximum absolute atomic E-state index is 2.53. The molecule has 109 heavy (non-hydrogen) atoms. The lowest BCUT2D eigenvalue weighted by atomic mass is 9.91. The number of benzene rings is 16. The summed E-state index contributed by atoms with van der Waals surface area (Å²) in [7, 11) is 0. The van der Waals surface area contributed by atoms with Crippen LogP contribution in [0.5, 0.6) is 0 Å². The van der Waals surface area contributed by atoms with Crippen molar-refractivity contribution in [2.75, 3.05) is 0 Å². The average molecular weight is 1410 g/mol. The number of rotatable bonds is 9. The van der Waals surface area contributed by atoms with Crippen LogP contribution in [0, 0.1) is 0 Å². The van der Waals surface area contributed by atoms with Crippen LogP contribution in [0.2, 0.25) is 0 Å². The van der Waals surface area contributed by atoms with Gasteiger partial charge in [0.1, 0.15) is 0 Å². The van der Waals surface area contributed by atoms with Crippen molar-refractivity contribution in [2.24, 2.45) is 0 Å². The van der Waals surface area contributed by atoms with Crippen LogP contribution in [0.1, 0.15) is 11.5 Å². The van der Waals surface area contributed by atoms with Crippen LogP contribution in [0.3, 0.4) is 0 Å². The highest BCUT2D eigenvalue weighted by Gasteiger charge is 2.34. The Balaban J connectivity index is 0.655. The first-order valence-electron chi connectivity index (χ1n) is 37.7. The van der Waals surface area contributed by atoms with Crippen molar-refractivity contribution in [3.63, 3.8) is 0 Å². The molecule has 0 bridgehead atoms. The molecule has 6 aromatic heterocycles. The molecule has 0 saturated carbocycles. The second kappa shape index (κ2) is 23.3. The number of fused-ring (bicyclic) bond motifs is 21. The van der Waals surface area contributed by atoms with Gasteiger partial charge in [-0.2, -0.15) is 0 Å². The van der Waals surface area contributed by atoms with Gasteiger partial charge in [0, 0.05) is 115 Å². The third-order valence-electron chi connectivity index (χ3n) is 23.7. The van der Waals surface area contributed by atoms with E-state index in [1.807, 2.05) is 11.8 Å². The van der Waals surface area contributed by atoms with Gasteiger partial charge >= 0.3 is 0 Å². The topological polar surface area (TPSA) is 29.6 Å². The van der Waals surface area contributed by atoms with E-state index < -0.39 is 0 Å². The van der Waals surface area contributed by atoms with E-state index in [1.165, 1.54) is 136 Å². The molecule has 2 aliphatic rings. The first-order chi connectivity index (χ1) is 54.0. The van der Waals surface area contributed by atoms with E-state index in [0.717, 1.165) is 72.7 Å². The van der Waals surface area contributed by atoms with Gasteiger partial charge in [0.15, 0.2) is 0 Å². The molecule has 0 amide bonds. The summed E-state index contributed by atoms with van der Waals surface area (Å²) in [5.74, 6) is 0.213. The monoisotopic (exact) mass is 1400 g/mol. The second-order valence-electron chi connectivity index (χ2n) is 29.5. The maximum Gasteiger partial charge on any atom is 0.0547 e. The number of hydrogen-bond donors (Lipinski definition) is 0. The summed E-state index contributed by atoms with van der Waals surface area (Å²) in [6.07, 6.45) is 7.32. The summed E-state index contributed by atoms with van der Waals surface area (Å²) >= 11 is 1.99. The van der Waals surface area contributed by atoms with E-state index in [-0.39, 0.29) is 5.92 Å². The quantitative estimate of drug-likeness (QED) is 0.142. The fraction of sp³-hybridized carbons (Fsp3) is 0.0196. The number of allylic oxidation sites excluding steroid dienone is 3. The summed E-state index contributed by atoms with van der Waals surface area (Å²) in [5, 5.41) is 15.1. The first kappa shape index (κ1) is 60.4. The van der Waals surface area contributed by atoms with Gasteiger partial charge < -0.3 is 27.4 Å². The zero-order valence-electron chi connectivity index (χ0n) is 59.0. The van der Waals surface area contributed by atoms with Crippen LogP contribution in [0.15, 0.2) is 381 Å². The fourth-order valence-electron chi connectivity index (χ4n) is 18.9. The Hall–Kier alpha value is -13.9. The van der Waals surface area contributed by atoms with Crippen molar-refractivity contribution in [3.8, 4) is 61.8 Å². The van der Waals surface area contributed by atoms with E-state index in [2.05, 4.69) is 404 Å². The van der Waals surface area contributed by atoms with E-state index in [1.54, 1.807) is 0 Å². The lowest BCUT2D eigenvalue weighted by Crippen LogP contribution is -2.11. The standard InChI is InChI=1S/C102H64N6S/c1-10-34-89-75(25-1)76-26-2-11-35-90(76)103(89)69-22-19-21-63(54-69)67-53-68(65-45-50-98-86(58-65)82-32-8-17-41-96(82)106(98)73-47-52-102-88(62-73)87-61-72(46-51-101(87)109-102)105-93-38-14-5-29-79(93)80-30-6-15-39-94(80)105)56-74(55-67)108-97-42-18-9-33-83(97)85-57-64(44-49-99(85)108)66-43-48-84-81-31-7-16-40-95(81)107(100(84)59-66)71-24-20-23-70(60-71)104-91-36-12-3-27-77(91)78-28-4-13-37-92(78)104/h1-62,87,101H. The molecule has 7 heteroatoms. The van der Waals surface area contributed by atoms with Gasteiger partial charge in [-0.3, -0.25) is 0 Å². The van der Waals surface area contributed by atoms with Crippen molar-refractivity contribution in [1.29, 1.82) is 0 Å². The number of hydrogen-bond acceptors (Lipinski definition) is 1. The van der Waals surface area contributed by atoms with Crippen LogP contribution in [0.4, 0.5) is 0 Å². The molecule has 0 spiro atoms. The van der Waals surface area contributed by atoms with E-state index in [0.29, 0.717) is 5.25 Å². The van der Waals surface area contributed by atoms with Crippen molar-refractivity contribution >= 4 is 148 Å². The summed E-state index contributed by atoms with van der Waals surface area (Å²) in [6, 6.07) is 134. The summed E-state index contributed by atoms with van der Waals surface area (Å²) in [5.41, 5.74) is 29.3. The smallest absolute Gasteiger partial charge is 0.0547 e. The van der Waals surface area contributed by atoms with Crippen LogP contribution in [-0.4, -0.2) is 32.7 Å². The number of para-hydroxylation sites is 9. The van der Waals surface area contributed by atoms with Gasteiger partial charge in [-0.1, -0.05) is 218 Å². The largest absolute Gasteiger partial charge is 0.310 e. The maximum atomic E-state index is 2.53. The third kappa shape index (κ3) is 8.99. The van der Waals surface area contributed by atoms with Crippen molar-refractivity contribution in [2.45, 2.75) is 16.1 Å². The Morgan fingerprint density at radius 3 is 1.00 bits per heavy atom. The van der Waals surface area contributed by atoms with E-state index in [4.69, 9.17) is 0 Å². The number of thioether (sulfide) groups is 1. The molecule has 2 unspecified atom stereocenters. The highest BCUT2D eigenvalue weighted by molar-refractivity contribution is 8.00. The summed E-state index contributed by atoms with van der Waals surface area (Å²) in [4.78, 5) is 1.35. The molecule has 6 nitrogen and oxygen atoms in total. The Morgan fingerprint density at radius 1 is 0.202 bits per heavy atom. The molecule has 1 aliphatic carbocycles. The van der Waals surface area contributed by atoms with Crippen LogP contribution in [0.25, 0.3) is 198 Å². The molecule has 0 N–H and O–H groups in total. The molecule has 0 radical (unpaired) electrons. The van der Waals surface area contributed by atoms with Gasteiger partial charge in [0.2, 0.25) is 0 Å². The van der Waals surface area contributed by atoms with Crippen molar-refractivity contribution in [1.82, 2.24) is 27.4 Å². The minimum Gasteiger partial charge on any atom is -0.310 e. The van der Waals surface area contributed by atoms with Gasteiger partial charge in [-0.05, 0) is 197 Å². The highest BCUT2D eigenvalue weighted by Crippen LogP contribution is 2.52. The van der Waals surface area contributed by atoms with Crippen molar-refractivity contribution in [3.05, 3.63) is 382 Å². The average Bonchev–Trinajstić information content (AvgIpc) is 1.60. The molecule has 22 aromatic rings. The number of nitrogens with zero attached hydrogens (tertiary/aromatic N) is 6. The Bertz CT molecular complexity index is 7590. The zero-order valence-corrected chi connectivity index (χ0v) is 59.9. The number of aromatic nitrogens is 6.